The Hall–Kier alpha value is -2.68. The summed E-state index contributed by atoms with van der Waals surface area (Å²) in [5, 5.41) is 18.2. The Morgan fingerprint density at radius 1 is 1.38 bits per heavy atom. The number of aryl methyl sites for hydroxylation is 1. The summed E-state index contributed by atoms with van der Waals surface area (Å²) in [7, 11) is 0. The van der Waals surface area contributed by atoms with Crippen molar-refractivity contribution in [2.75, 3.05) is 0 Å². The molecule has 0 aromatic carbocycles. The maximum atomic E-state index is 9.22. The summed E-state index contributed by atoms with van der Waals surface area (Å²) in [4.78, 5) is 4.61. The first kappa shape index (κ1) is 14.9. The molecule has 6 nitrogen and oxygen atoms in total. The Kier molecular flexibility index (Phi) is 3.77. The van der Waals surface area contributed by atoms with Gasteiger partial charge in [-0.05, 0) is 37.8 Å². The third kappa shape index (κ3) is 2.56. The van der Waals surface area contributed by atoms with Crippen LogP contribution in [0.3, 0.4) is 0 Å². The molecule has 0 amide bonds. The summed E-state index contributed by atoms with van der Waals surface area (Å²) in [6.45, 7) is 1.89. The fraction of sp³-hybridized carbons (Fsp3) is 0.444. The summed E-state index contributed by atoms with van der Waals surface area (Å²) < 4.78 is 3.82. The third-order valence-corrected chi connectivity index (χ3v) is 4.96. The molecule has 3 heterocycles. The zero-order valence-corrected chi connectivity index (χ0v) is 13.8. The van der Waals surface area contributed by atoms with Gasteiger partial charge in [-0.3, -0.25) is 4.68 Å². The monoisotopic (exact) mass is 320 g/mol. The van der Waals surface area contributed by atoms with E-state index >= 15 is 0 Å². The van der Waals surface area contributed by atoms with E-state index in [-0.39, 0.29) is 6.04 Å². The predicted octanol–water partition coefficient (Wildman–Crippen LogP) is 3.55. The number of aromatic nitrogens is 5. The van der Waals surface area contributed by atoms with E-state index in [1.165, 1.54) is 25.7 Å². The van der Waals surface area contributed by atoms with Crippen LogP contribution in [-0.2, 0) is 0 Å². The van der Waals surface area contributed by atoms with Crippen LogP contribution in [0, 0.1) is 24.2 Å². The number of nitriles is 1. The van der Waals surface area contributed by atoms with Crippen molar-refractivity contribution >= 4 is 5.52 Å². The lowest BCUT2D eigenvalue weighted by Gasteiger charge is -2.21. The second kappa shape index (κ2) is 6.08. The van der Waals surface area contributed by atoms with E-state index in [2.05, 4.69) is 21.3 Å². The Morgan fingerprint density at radius 3 is 3.00 bits per heavy atom. The molecule has 24 heavy (non-hydrogen) atoms. The Morgan fingerprint density at radius 2 is 2.21 bits per heavy atom. The topological polar surface area (TPSA) is 71.8 Å². The van der Waals surface area contributed by atoms with Crippen LogP contribution in [0.25, 0.3) is 16.8 Å². The first-order valence-corrected chi connectivity index (χ1v) is 8.50. The number of hydrogen-bond acceptors (Lipinski definition) is 4. The quantitative estimate of drug-likeness (QED) is 0.737. The standard InChI is InChI=1S/C18H20N6/c1-13-21-18(17-7-4-10-23(17)22-13)15-11-20-24(12-15)16(8-9-19)14-5-2-3-6-14/h4,7,10-12,14,16H,2-3,5-6,8H2,1H3. The summed E-state index contributed by atoms with van der Waals surface area (Å²) in [5.74, 6) is 1.28. The molecule has 122 valence electrons. The highest BCUT2D eigenvalue weighted by Gasteiger charge is 2.27. The van der Waals surface area contributed by atoms with E-state index in [9.17, 15) is 5.26 Å². The highest BCUT2D eigenvalue weighted by molar-refractivity contribution is 5.75. The van der Waals surface area contributed by atoms with Crippen molar-refractivity contribution in [3.8, 4) is 17.3 Å². The molecule has 3 aromatic heterocycles. The lowest BCUT2D eigenvalue weighted by molar-refractivity contribution is 0.315. The molecule has 1 aliphatic carbocycles. The molecule has 6 heteroatoms. The molecule has 0 aliphatic heterocycles. The van der Waals surface area contributed by atoms with Crippen molar-refractivity contribution in [2.24, 2.45) is 5.92 Å². The molecular formula is C18H20N6. The molecule has 4 rings (SSSR count). The Labute approximate surface area is 140 Å². The van der Waals surface area contributed by atoms with Gasteiger partial charge in [-0.1, -0.05) is 12.8 Å². The van der Waals surface area contributed by atoms with Crippen LogP contribution in [0.1, 0.15) is 44.0 Å². The summed E-state index contributed by atoms with van der Waals surface area (Å²) in [5.41, 5.74) is 2.84. The lowest BCUT2D eigenvalue weighted by atomic mass is 9.96. The molecule has 1 unspecified atom stereocenters. The fourth-order valence-electron chi connectivity index (χ4n) is 3.81. The molecule has 0 saturated heterocycles. The van der Waals surface area contributed by atoms with Crippen LogP contribution in [0.15, 0.2) is 30.7 Å². The smallest absolute Gasteiger partial charge is 0.146 e. The lowest BCUT2D eigenvalue weighted by Crippen LogP contribution is -2.17. The van der Waals surface area contributed by atoms with Gasteiger partial charge in [-0.25, -0.2) is 9.50 Å². The van der Waals surface area contributed by atoms with E-state index in [4.69, 9.17) is 0 Å². The van der Waals surface area contributed by atoms with Crippen LogP contribution in [0.2, 0.25) is 0 Å². The van der Waals surface area contributed by atoms with Crippen LogP contribution in [0.5, 0.6) is 0 Å². The summed E-state index contributed by atoms with van der Waals surface area (Å²) >= 11 is 0. The number of rotatable bonds is 4. The fourth-order valence-corrected chi connectivity index (χ4v) is 3.81. The molecule has 0 bridgehead atoms. The van der Waals surface area contributed by atoms with Gasteiger partial charge in [0.2, 0.25) is 0 Å². The second-order valence-electron chi connectivity index (χ2n) is 6.53. The van der Waals surface area contributed by atoms with Gasteiger partial charge in [0.15, 0.2) is 0 Å². The largest absolute Gasteiger partial charge is 0.268 e. The van der Waals surface area contributed by atoms with Crippen molar-refractivity contribution < 1.29 is 0 Å². The molecule has 1 saturated carbocycles. The van der Waals surface area contributed by atoms with Crippen molar-refractivity contribution in [3.05, 3.63) is 36.5 Å². The van der Waals surface area contributed by atoms with Gasteiger partial charge >= 0.3 is 0 Å². The second-order valence-corrected chi connectivity index (χ2v) is 6.53. The van der Waals surface area contributed by atoms with Crippen LogP contribution < -0.4 is 0 Å². The maximum absolute atomic E-state index is 9.22. The molecule has 0 spiro atoms. The van der Waals surface area contributed by atoms with Crippen molar-refractivity contribution in [2.45, 2.75) is 45.1 Å². The Bertz CT molecular complexity index is 894. The number of nitrogens with zero attached hydrogens (tertiary/aromatic N) is 6. The van der Waals surface area contributed by atoms with E-state index in [0.29, 0.717) is 12.3 Å². The summed E-state index contributed by atoms with van der Waals surface area (Å²) in [6, 6.07) is 6.48. The van der Waals surface area contributed by atoms with Gasteiger partial charge in [0, 0.05) is 18.0 Å². The van der Waals surface area contributed by atoms with Crippen LogP contribution >= 0.6 is 0 Å². The minimum Gasteiger partial charge on any atom is -0.268 e. The maximum Gasteiger partial charge on any atom is 0.146 e. The van der Waals surface area contributed by atoms with Gasteiger partial charge < -0.3 is 0 Å². The molecule has 1 aliphatic rings. The highest BCUT2D eigenvalue weighted by Crippen LogP contribution is 2.36. The van der Waals surface area contributed by atoms with Gasteiger partial charge in [-0.15, -0.1) is 0 Å². The van der Waals surface area contributed by atoms with Crippen molar-refractivity contribution in [3.63, 3.8) is 0 Å². The van der Waals surface area contributed by atoms with E-state index < -0.39 is 0 Å². The first-order chi connectivity index (χ1) is 11.8. The van der Waals surface area contributed by atoms with E-state index in [0.717, 1.165) is 22.6 Å². The zero-order chi connectivity index (χ0) is 16.5. The van der Waals surface area contributed by atoms with E-state index in [1.807, 2.05) is 46.8 Å². The SMILES string of the molecule is Cc1nc(-c2cnn(C(CC#N)C3CCCC3)c2)c2cccn2n1. The number of fused-ring (bicyclic) bond motifs is 1. The van der Waals surface area contributed by atoms with Gasteiger partial charge in [-0.2, -0.15) is 15.5 Å². The first-order valence-electron chi connectivity index (χ1n) is 8.50. The van der Waals surface area contributed by atoms with Gasteiger partial charge in [0.1, 0.15) is 11.5 Å². The average Bonchev–Trinajstić information content (AvgIpc) is 3.31. The molecule has 1 atom stereocenters. The zero-order valence-electron chi connectivity index (χ0n) is 13.8. The molecule has 3 aromatic rings. The molecular weight excluding hydrogens is 300 g/mol. The third-order valence-electron chi connectivity index (χ3n) is 4.96. The average molecular weight is 320 g/mol. The minimum atomic E-state index is 0.164. The minimum absolute atomic E-state index is 0.164. The highest BCUT2D eigenvalue weighted by atomic mass is 15.3. The van der Waals surface area contributed by atoms with Crippen LogP contribution in [-0.4, -0.2) is 24.4 Å². The summed E-state index contributed by atoms with van der Waals surface area (Å²) in [6.07, 6.45) is 11.2. The molecule has 1 fully saturated rings. The van der Waals surface area contributed by atoms with Crippen molar-refractivity contribution in [1.82, 2.24) is 24.4 Å². The predicted molar refractivity (Wildman–Crippen MR) is 90.2 cm³/mol. The molecule has 0 radical (unpaired) electrons. The normalized spacial score (nSPS) is 16.5. The number of hydrogen-bond donors (Lipinski definition) is 0. The molecule has 0 N–H and O–H groups in total. The Balaban J connectivity index is 1.73. The van der Waals surface area contributed by atoms with Crippen molar-refractivity contribution in [1.29, 1.82) is 5.26 Å². The van der Waals surface area contributed by atoms with Gasteiger partial charge in [0.25, 0.3) is 0 Å². The van der Waals surface area contributed by atoms with Crippen LogP contribution in [0.4, 0.5) is 0 Å². The van der Waals surface area contributed by atoms with E-state index in [1.54, 1.807) is 0 Å². The van der Waals surface area contributed by atoms with Gasteiger partial charge in [0.05, 0.1) is 30.2 Å².